The molecule has 0 radical (unpaired) electrons. The summed E-state index contributed by atoms with van der Waals surface area (Å²) in [5.74, 6) is 0.567. The first-order chi connectivity index (χ1) is 7.19. The maximum Gasteiger partial charge on any atom is 0.495 e. The van der Waals surface area contributed by atoms with E-state index in [9.17, 15) is 5.02 Å². The number of fused-ring (bicyclic) bond motifs is 1. The summed E-state index contributed by atoms with van der Waals surface area (Å²) in [6, 6.07) is 3.41. The quantitative estimate of drug-likeness (QED) is 0.763. The minimum Gasteiger partial charge on any atom is -0.497 e. The number of methoxy groups -OCH3 is 1. The average Bonchev–Trinajstić information content (AvgIpc) is 2.58. The molecule has 0 unspecified atom stereocenters. The summed E-state index contributed by atoms with van der Waals surface area (Å²) in [5, 5.41) is 10.2. The zero-order valence-electron chi connectivity index (χ0n) is 8.64. The van der Waals surface area contributed by atoms with Gasteiger partial charge in [0.05, 0.1) is 13.2 Å². The Morgan fingerprint density at radius 2 is 2.31 bits per heavy atom. The molecule has 1 aliphatic heterocycles. The molecule has 16 heavy (non-hydrogen) atoms. The normalized spacial score (nSPS) is 18.0. The van der Waals surface area contributed by atoms with Crippen LogP contribution in [0.1, 0.15) is 11.7 Å². The monoisotopic (exact) mass is 263 g/mol. The molecule has 4 nitrogen and oxygen atoms in total. The smallest absolute Gasteiger partial charge is 0.495 e. The Morgan fingerprint density at radius 1 is 1.62 bits per heavy atom. The van der Waals surface area contributed by atoms with Crippen molar-refractivity contribution in [3.05, 3.63) is 22.7 Å². The second-order valence-corrected chi connectivity index (χ2v) is 3.70. The summed E-state index contributed by atoms with van der Waals surface area (Å²) in [6.07, 6.45) is -0.363. The van der Waals surface area contributed by atoms with Gasteiger partial charge in [-0.2, -0.15) is 0 Å². The molecule has 1 aromatic rings. The minimum absolute atomic E-state index is 0. The molecule has 1 heterocycles. The number of hydrogen-bond donors (Lipinski definition) is 2. The van der Waals surface area contributed by atoms with E-state index in [0.717, 1.165) is 5.56 Å². The third-order valence-corrected chi connectivity index (χ3v) is 2.82. The number of benzene rings is 1. The maximum atomic E-state index is 9.70. The molecule has 1 aliphatic rings. The molecule has 0 aliphatic carbocycles. The second kappa shape index (κ2) is 5.25. The lowest BCUT2D eigenvalue weighted by Gasteiger charge is -2.11. The largest absolute Gasteiger partial charge is 0.497 e. The van der Waals surface area contributed by atoms with Crippen LogP contribution in [0.15, 0.2) is 12.1 Å². The Balaban J connectivity index is 0.00000128. The zero-order chi connectivity index (χ0) is 11.0. The number of nitrogens with two attached hydrogens (primary N) is 1. The Kier molecular flexibility index (Phi) is 4.47. The molecule has 88 valence electrons. The van der Waals surface area contributed by atoms with Crippen LogP contribution in [0.5, 0.6) is 5.75 Å². The molecule has 0 aromatic heterocycles. The number of hydrogen-bond acceptors (Lipinski definition) is 4. The van der Waals surface area contributed by atoms with Crippen LogP contribution in [0.4, 0.5) is 0 Å². The molecule has 0 saturated carbocycles. The highest BCUT2D eigenvalue weighted by Crippen LogP contribution is 2.32. The molecule has 1 atom stereocenters. The summed E-state index contributed by atoms with van der Waals surface area (Å²) < 4.78 is 10.4. The standard InChI is InChI=1S/C9H11BClNO3.ClH/c1-14-6-3-2-5(11)8-7(4-12)15-10(13)9(6)8;/h2-3,7,13H,4,12H2,1H3;1H/t7-;/m1./s1. The van der Waals surface area contributed by atoms with Gasteiger partial charge in [-0.1, -0.05) is 11.6 Å². The van der Waals surface area contributed by atoms with Gasteiger partial charge in [0.2, 0.25) is 0 Å². The first kappa shape index (κ1) is 13.6. The molecule has 0 saturated heterocycles. The summed E-state index contributed by atoms with van der Waals surface area (Å²) in [7, 11) is 0.522. The fraction of sp³-hybridized carbons (Fsp3) is 0.333. The van der Waals surface area contributed by atoms with Gasteiger partial charge in [-0.3, -0.25) is 0 Å². The van der Waals surface area contributed by atoms with Crippen molar-refractivity contribution >= 4 is 36.6 Å². The molecule has 2 rings (SSSR count). The topological polar surface area (TPSA) is 64.7 Å². The lowest BCUT2D eigenvalue weighted by molar-refractivity contribution is 0.198. The molecule has 7 heteroatoms. The van der Waals surface area contributed by atoms with E-state index < -0.39 is 7.12 Å². The van der Waals surface area contributed by atoms with Gasteiger partial charge in [-0.25, -0.2) is 0 Å². The van der Waals surface area contributed by atoms with Crippen LogP contribution in [0.3, 0.4) is 0 Å². The van der Waals surface area contributed by atoms with E-state index in [4.69, 9.17) is 26.7 Å². The number of ether oxygens (including phenoxy) is 1. The summed E-state index contributed by atoms with van der Waals surface area (Å²) in [5.41, 5.74) is 6.85. The van der Waals surface area contributed by atoms with E-state index in [1.165, 1.54) is 7.11 Å². The Bertz CT molecular complexity index is 391. The van der Waals surface area contributed by atoms with Crippen LogP contribution in [0.25, 0.3) is 0 Å². The van der Waals surface area contributed by atoms with Gasteiger partial charge in [0.25, 0.3) is 0 Å². The fourth-order valence-corrected chi connectivity index (χ4v) is 2.10. The molecule has 0 fully saturated rings. The Morgan fingerprint density at radius 3 is 2.88 bits per heavy atom. The zero-order valence-corrected chi connectivity index (χ0v) is 10.2. The number of rotatable bonds is 2. The third kappa shape index (κ3) is 2.01. The molecule has 0 spiro atoms. The van der Waals surface area contributed by atoms with E-state index in [1.807, 2.05) is 0 Å². The van der Waals surface area contributed by atoms with Crippen LogP contribution in [-0.4, -0.2) is 25.8 Å². The highest BCUT2D eigenvalue weighted by Gasteiger charge is 2.38. The molecule has 3 N–H and O–H groups in total. The van der Waals surface area contributed by atoms with Crippen molar-refractivity contribution in [2.75, 3.05) is 13.7 Å². The van der Waals surface area contributed by atoms with E-state index >= 15 is 0 Å². The highest BCUT2D eigenvalue weighted by atomic mass is 35.5. The van der Waals surface area contributed by atoms with Crippen LogP contribution in [0.2, 0.25) is 5.02 Å². The van der Waals surface area contributed by atoms with Crippen molar-refractivity contribution in [1.29, 1.82) is 0 Å². The minimum atomic E-state index is -1.01. The van der Waals surface area contributed by atoms with Gasteiger partial charge in [0.1, 0.15) is 5.75 Å². The maximum absolute atomic E-state index is 9.70. The molecule has 0 amide bonds. The lowest BCUT2D eigenvalue weighted by atomic mass is 9.78. The number of halogens is 2. The predicted octanol–water partition coefficient (Wildman–Crippen LogP) is 0.488. The van der Waals surface area contributed by atoms with Gasteiger partial charge < -0.3 is 20.1 Å². The average molecular weight is 264 g/mol. The van der Waals surface area contributed by atoms with Crippen LogP contribution in [0, 0.1) is 0 Å². The van der Waals surface area contributed by atoms with Crippen molar-refractivity contribution in [2.45, 2.75) is 6.10 Å². The van der Waals surface area contributed by atoms with Crippen LogP contribution >= 0.6 is 24.0 Å². The lowest BCUT2D eigenvalue weighted by Crippen LogP contribution is -2.29. The summed E-state index contributed by atoms with van der Waals surface area (Å²) in [6.45, 7) is 0.275. The van der Waals surface area contributed by atoms with Crippen molar-refractivity contribution in [3.8, 4) is 5.75 Å². The molecular formula is C9H12BCl2NO3. The summed E-state index contributed by atoms with van der Waals surface area (Å²) in [4.78, 5) is 0. The van der Waals surface area contributed by atoms with Gasteiger partial charge >= 0.3 is 7.12 Å². The van der Waals surface area contributed by atoms with E-state index in [2.05, 4.69) is 0 Å². The Labute approximate surface area is 105 Å². The van der Waals surface area contributed by atoms with E-state index in [0.29, 0.717) is 16.2 Å². The molecule has 0 bridgehead atoms. The fourth-order valence-electron chi connectivity index (χ4n) is 1.81. The van der Waals surface area contributed by atoms with Crippen LogP contribution < -0.4 is 15.9 Å². The van der Waals surface area contributed by atoms with Crippen molar-refractivity contribution in [2.24, 2.45) is 5.73 Å². The SMILES string of the molecule is COc1ccc(Cl)c2c1B(O)O[C@@H]2CN.Cl. The van der Waals surface area contributed by atoms with Gasteiger partial charge in [0, 0.05) is 22.6 Å². The van der Waals surface area contributed by atoms with Gasteiger partial charge in [-0.15, -0.1) is 12.4 Å². The second-order valence-electron chi connectivity index (χ2n) is 3.29. The van der Waals surface area contributed by atoms with Crippen molar-refractivity contribution in [1.82, 2.24) is 0 Å². The third-order valence-electron chi connectivity index (χ3n) is 2.49. The van der Waals surface area contributed by atoms with Gasteiger partial charge in [0.15, 0.2) is 0 Å². The van der Waals surface area contributed by atoms with Gasteiger partial charge in [-0.05, 0) is 12.1 Å². The van der Waals surface area contributed by atoms with Crippen LogP contribution in [-0.2, 0) is 4.65 Å². The molecule has 1 aromatic carbocycles. The molecular weight excluding hydrogens is 252 g/mol. The van der Waals surface area contributed by atoms with E-state index in [1.54, 1.807) is 12.1 Å². The highest BCUT2D eigenvalue weighted by molar-refractivity contribution is 6.63. The van der Waals surface area contributed by atoms with E-state index in [-0.39, 0.29) is 25.1 Å². The predicted molar refractivity (Wildman–Crippen MR) is 65.7 cm³/mol. The first-order valence-electron chi connectivity index (χ1n) is 4.59. The summed E-state index contributed by atoms with van der Waals surface area (Å²) >= 11 is 6.04. The van der Waals surface area contributed by atoms with Crippen molar-refractivity contribution in [3.63, 3.8) is 0 Å². The van der Waals surface area contributed by atoms with Crippen molar-refractivity contribution < 1.29 is 14.4 Å². The Hall–Kier alpha value is -0.455. The first-order valence-corrected chi connectivity index (χ1v) is 4.96.